The lowest BCUT2D eigenvalue weighted by Crippen LogP contribution is -2.20. The fraction of sp³-hybridized carbons (Fsp3) is 0.125. The standard InChI is InChI=1S/C8H10N2/c1-6(2)4-8-7(3)5-9-10-8/h4-5,10H,1,3H2,2H3. The fourth-order valence-corrected chi connectivity index (χ4v) is 0.692. The van der Waals surface area contributed by atoms with Crippen molar-refractivity contribution >= 4 is 12.7 Å². The van der Waals surface area contributed by atoms with E-state index in [2.05, 4.69) is 23.4 Å². The van der Waals surface area contributed by atoms with Gasteiger partial charge in [-0.05, 0) is 13.0 Å². The van der Waals surface area contributed by atoms with Crippen molar-refractivity contribution in [3.63, 3.8) is 0 Å². The normalized spacial score (nSPS) is 11.9. The lowest BCUT2D eigenvalue weighted by Gasteiger charge is -1.80. The molecule has 0 radical (unpaired) electrons. The summed E-state index contributed by atoms with van der Waals surface area (Å²) >= 11 is 0. The highest BCUT2D eigenvalue weighted by Gasteiger charge is 1.82. The van der Waals surface area contributed by atoms with Crippen LogP contribution in [0.5, 0.6) is 0 Å². The lowest BCUT2D eigenvalue weighted by atomic mass is 10.3. The van der Waals surface area contributed by atoms with E-state index in [0.29, 0.717) is 0 Å². The highest BCUT2D eigenvalue weighted by molar-refractivity contribution is 5.41. The number of hydrogen-bond acceptors (Lipinski definition) is 1. The van der Waals surface area contributed by atoms with Crippen LogP contribution in [0.1, 0.15) is 6.92 Å². The number of H-pyrrole nitrogens is 1. The predicted molar refractivity (Wildman–Crippen MR) is 42.6 cm³/mol. The molecule has 0 fully saturated rings. The van der Waals surface area contributed by atoms with E-state index in [1.165, 1.54) is 0 Å². The van der Waals surface area contributed by atoms with Crippen LogP contribution in [-0.4, -0.2) is 10.2 Å². The average Bonchev–Trinajstić information content (AvgIpc) is 2.15. The first-order valence-electron chi connectivity index (χ1n) is 3.05. The Balaban J connectivity index is 3.29. The second-order valence-electron chi connectivity index (χ2n) is 2.30. The fourth-order valence-electron chi connectivity index (χ4n) is 0.692. The zero-order valence-electron chi connectivity index (χ0n) is 6.02. The number of nitrogens with one attached hydrogen (secondary N) is 1. The summed E-state index contributed by atoms with van der Waals surface area (Å²) in [7, 11) is 0. The van der Waals surface area contributed by atoms with Crippen LogP contribution in [0.3, 0.4) is 0 Å². The Kier molecular flexibility index (Phi) is 1.71. The highest BCUT2D eigenvalue weighted by Crippen LogP contribution is 1.83. The van der Waals surface area contributed by atoms with E-state index >= 15 is 0 Å². The maximum Gasteiger partial charge on any atom is 0.0646 e. The van der Waals surface area contributed by atoms with Crippen LogP contribution in [0, 0.1) is 0 Å². The number of hydrogen-bond donors (Lipinski definition) is 1. The first kappa shape index (κ1) is 6.81. The molecule has 1 rings (SSSR count). The average molecular weight is 134 g/mol. The Morgan fingerprint density at radius 1 is 1.80 bits per heavy atom. The lowest BCUT2D eigenvalue weighted by molar-refractivity contribution is 1.06. The zero-order valence-corrected chi connectivity index (χ0v) is 6.02. The van der Waals surface area contributed by atoms with Gasteiger partial charge in [0.1, 0.15) is 0 Å². The molecule has 0 aromatic carbocycles. The predicted octanol–water partition coefficient (Wildman–Crippen LogP) is 0.177. The molecule has 0 aliphatic carbocycles. The summed E-state index contributed by atoms with van der Waals surface area (Å²) in [6, 6.07) is 0. The second kappa shape index (κ2) is 2.52. The van der Waals surface area contributed by atoms with Crippen molar-refractivity contribution in [1.82, 2.24) is 10.2 Å². The number of aromatic amines is 1. The Hall–Kier alpha value is -1.31. The summed E-state index contributed by atoms with van der Waals surface area (Å²) in [4.78, 5) is 0. The molecule has 1 heterocycles. The van der Waals surface area contributed by atoms with Crippen LogP contribution in [0.15, 0.2) is 18.3 Å². The van der Waals surface area contributed by atoms with Crippen LogP contribution < -0.4 is 10.6 Å². The molecule has 2 nitrogen and oxygen atoms in total. The minimum absolute atomic E-state index is 0.906. The topological polar surface area (TPSA) is 28.7 Å². The highest BCUT2D eigenvalue weighted by atomic mass is 15.1. The van der Waals surface area contributed by atoms with Crippen LogP contribution in [0.4, 0.5) is 0 Å². The van der Waals surface area contributed by atoms with Crippen molar-refractivity contribution in [3.05, 3.63) is 28.9 Å². The quantitative estimate of drug-likeness (QED) is 0.583. The third-order valence-electron chi connectivity index (χ3n) is 1.14. The molecule has 0 spiro atoms. The van der Waals surface area contributed by atoms with Gasteiger partial charge in [0.15, 0.2) is 0 Å². The van der Waals surface area contributed by atoms with E-state index in [0.717, 1.165) is 16.1 Å². The molecule has 0 unspecified atom stereocenters. The first-order chi connectivity index (χ1) is 4.70. The van der Waals surface area contributed by atoms with E-state index in [-0.39, 0.29) is 0 Å². The molecular formula is C8H10N2. The van der Waals surface area contributed by atoms with Gasteiger partial charge >= 0.3 is 0 Å². The minimum Gasteiger partial charge on any atom is -0.278 e. The molecule has 1 N–H and O–H groups in total. The van der Waals surface area contributed by atoms with E-state index in [1.807, 2.05) is 13.0 Å². The van der Waals surface area contributed by atoms with Gasteiger partial charge in [-0.2, -0.15) is 5.10 Å². The molecule has 2 heteroatoms. The molecule has 52 valence electrons. The van der Waals surface area contributed by atoms with Gasteiger partial charge in [0.05, 0.1) is 11.5 Å². The molecule has 0 amide bonds. The first-order valence-corrected chi connectivity index (χ1v) is 3.05. The molecule has 0 saturated carbocycles. The third kappa shape index (κ3) is 1.35. The van der Waals surface area contributed by atoms with Gasteiger partial charge in [0.25, 0.3) is 0 Å². The monoisotopic (exact) mass is 134 g/mol. The van der Waals surface area contributed by atoms with E-state index in [1.54, 1.807) is 6.20 Å². The third-order valence-corrected chi connectivity index (χ3v) is 1.14. The van der Waals surface area contributed by atoms with Gasteiger partial charge in [-0.3, -0.25) is 5.10 Å². The number of aromatic nitrogens is 2. The Morgan fingerprint density at radius 2 is 2.50 bits per heavy atom. The van der Waals surface area contributed by atoms with Crippen molar-refractivity contribution < 1.29 is 0 Å². The van der Waals surface area contributed by atoms with Gasteiger partial charge in [-0.25, -0.2) is 0 Å². The van der Waals surface area contributed by atoms with Gasteiger partial charge in [0, 0.05) is 5.22 Å². The summed E-state index contributed by atoms with van der Waals surface area (Å²) in [5.74, 6) is 0. The molecule has 0 saturated heterocycles. The molecule has 0 bridgehead atoms. The summed E-state index contributed by atoms with van der Waals surface area (Å²) in [5.41, 5.74) is 0.995. The second-order valence-corrected chi connectivity index (χ2v) is 2.30. The van der Waals surface area contributed by atoms with Crippen molar-refractivity contribution in [2.75, 3.05) is 0 Å². The molecule has 0 aliphatic heterocycles. The van der Waals surface area contributed by atoms with Crippen LogP contribution in [-0.2, 0) is 0 Å². The SMILES string of the molecule is C=C(C)C=c1[nH]ncc1=C. The van der Waals surface area contributed by atoms with Gasteiger partial charge < -0.3 is 0 Å². The summed E-state index contributed by atoms with van der Waals surface area (Å²) in [6.07, 6.45) is 3.60. The number of nitrogens with zero attached hydrogens (tertiary/aromatic N) is 1. The van der Waals surface area contributed by atoms with Gasteiger partial charge in [-0.15, -0.1) is 0 Å². The van der Waals surface area contributed by atoms with E-state index in [4.69, 9.17) is 0 Å². The maximum atomic E-state index is 3.81. The van der Waals surface area contributed by atoms with Crippen molar-refractivity contribution in [2.24, 2.45) is 0 Å². The molecule has 1 aromatic rings. The van der Waals surface area contributed by atoms with Gasteiger partial charge in [0.2, 0.25) is 0 Å². The Bertz CT molecular complexity index is 332. The summed E-state index contributed by atoms with van der Waals surface area (Å²) in [5, 5.41) is 8.47. The van der Waals surface area contributed by atoms with Crippen molar-refractivity contribution in [1.29, 1.82) is 0 Å². The van der Waals surface area contributed by atoms with Crippen LogP contribution in [0.25, 0.3) is 12.7 Å². The molecule has 10 heavy (non-hydrogen) atoms. The molecule has 0 atom stereocenters. The smallest absolute Gasteiger partial charge is 0.0646 e. The molecule has 1 aromatic heterocycles. The number of allylic oxidation sites excluding steroid dienone is 1. The molecular weight excluding hydrogens is 124 g/mol. The molecule has 0 aliphatic rings. The Labute approximate surface area is 59.6 Å². The largest absolute Gasteiger partial charge is 0.278 e. The van der Waals surface area contributed by atoms with Crippen LogP contribution in [0.2, 0.25) is 0 Å². The summed E-state index contributed by atoms with van der Waals surface area (Å²) < 4.78 is 0. The van der Waals surface area contributed by atoms with Gasteiger partial charge in [-0.1, -0.05) is 18.7 Å². The van der Waals surface area contributed by atoms with E-state index < -0.39 is 0 Å². The van der Waals surface area contributed by atoms with Crippen molar-refractivity contribution in [3.8, 4) is 0 Å². The van der Waals surface area contributed by atoms with Crippen molar-refractivity contribution in [2.45, 2.75) is 6.92 Å². The van der Waals surface area contributed by atoms with Crippen LogP contribution >= 0.6 is 0 Å². The zero-order chi connectivity index (χ0) is 7.56. The minimum atomic E-state index is 0.906. The Morgan fingerprint density at radius 3 is 2.90 bits per heavy atom. The number of rotatable bonds is 1. The van der Waals surface area contributed by atoms with E-state index in [9.17, 15) is 0 Å². The maximum absolute atomic E-state index is 3.81. The summed E-state index contributed by atoms with van der Waals surface area (Å²) in [6.45, 7) is 9.44.